The summed E-state index contributed by atoms with van der Waals surface area (Å²) in [5.41, 5.74) is -0.349. The van der Waals surface area contributed by atoms with Crippen LogP contribution in [0.25, 0.3) is 5.78 Å². The van der Waals surface area contributed by atoms with E-state index in [4.69, 9.17) is 0 Å². The molecule has 0 atom stereocenters. The first kappa shape index (κ1) is 11.7. The third-order valence-corrected chi connectivity index (χ3v) is 3.31. The molecule has 0 aliphatic heterocycles. The maximum Gasteiger partial charge on any atom is 0.342 e. The van der Waals surface area contributed by atoms with E-state index in [1.807, 2.05) is 12.4 Å². The summed E-state index contributed by atoms with van der Waals surface area (Å²) >= 11 is 1.20. The molecule has 8 nitrogen and oxygen atoms in total. The van der Waals surface area contributed by atoms with Crippen LogP contribution in [0.1, 0.15) is 5.69 Å². The highest BCUT2D eigenvalue weighted by molar-refractivity contribution is 7.98. The Labute approximate surface area is 109 Å². The Morgan fingerprint density at radius 3 is 3.05 bits per heavy atom. The van der Waals surface area contributed by atoms with Crippen molar-refractivity contribution in [2.24, 2.45) is 0 Å². The van der Waals surface area contributed by atoms with Crippen molar-refractivity contribution < 1.29 is 0 Å². The fraction of sp³-hybridized carbons (Fsp3) is 0.100. The first-order chi connectivity index (χ1) is 9.22. The lowest BCUT2D eigenvalue weighted by Gasteiger charge is -1.95. The number of nitrogens with one attached hydrogen (secondary N) is 2. The van der Waals surface area contributed by atoms with E-state index in [-0.39, 0.29) is 5.03 Å². The molecule has 0 radical (unpaired) electrons. The Bertz CT molecular complexity index is 802. The van der Waals surface area contributed by atoms with Crippen molar-refractivity contribution in [1.29, 1.82) is 0 Å². The van der Waals surface area contributed by atoms with Gasteiger partial charge in [-0.1, -0.05) is 11.8 Å². The molecule has 0 bridgehead atoms. The highest BCUT2D eigenvalue weighted by Gasteiger charge is 2.06. The Morgan fingerprint density at radius 2 is 2.26 bits per heavy atom. The summed E-state index contributed by atoms with van der Waals surface area (Å²) in [4.78, 5) is 32.8. The van der Waals surface area contributed by atoms with Gasteiger partial charge in [-0.3, -0.25) is 14.2 Å². The monoisotopic (exact) mass is 276 g/mol. The Kier molecular flexibility index (Phi) is 2.88. The molecular formula is C10H8N6O2S. The number of nitrogens with zero attached hydrogens (tertiary/aromatic N) is 4. The van der Waals surface area contributed by atoms with Crippen LogP contribution in [0.4, 0.5) is 0 Å². The summed E-state index contributed by atoms with van der Waals surface area (Å²) in [7, 11) is 0. The number of fused-ring (bicyclic) bond motifs is 1. The van der Waals surface area contributed by atoms with Crippen LogP contribution in [0, 0.1) is 0 Å². The summed E-state index contributed by atoms with van der Waals surface area (Å²) in [6.07, 6.45) is 5.33. The number of thioether (sulfide) groups is 1. The van der Waals surface area contributed by atoms with Gasteiger partial charge < -0.3 is 0 Å². The van der Waals surface area contributed by atoms with Gasteiger partial charge in [0.25, 0.3) is 5.56 Å². The molecular weight excluding hydrogens is 268 g/mol. The van der Waals surface area contributed by atoms with Gasteiger partial charge in [-0.15, -0.1) is 0 Å². The van der Waals surface area contributed by atoms with Gasteiger partial charge in [0.15, 0.2) is 5.03 Å². The molecule has 3 aromatic heterocycles. The molecule has 9 heteroatoms. The van der Waals surface area contributed by atoms with Gasteiger partial charge in [-0.05, 0) is 6.07 Å². The van der Waals surface area contributed by atoms with E-state index in [0.717, 1.165) is 5.69 Å². The normalized spacial score (nSPS) is 10.9. The van der Waals surface area contributed by atoms with Crippen molar-refractivity contribution in [2.75, 3.05) is 0 Å². The zero-order chi connectivity index (χ0) is 13.2. The van der Waals surface area contributed by atoms with Crippen LogP contribution in [-0.2, 0) is 5.75 Å². The summed E-state index contributed by atoms with van der Waals surface area (Å²) in [6, 6.07) is 1.81. The molecule has 3 heterocycles. The number of aromatic amines is 2. The largest absolute Gasteiger partial charge is 0.342 e. The van der Waals surface area contributed by atoms with Crippen molar-refractivity contribution in [2.45, 2.75) is 10.8 Å². The van der Waals surface area contributed by atoms with Crippen molar-refractivity contribution in [3.8, 4) is 0 Å². The van der Waals surface area contributed by atoms with Gasteiger partial charge in [-0.2, -0.15) is 5.10 Å². The minimum atomic E-state index is -0.619. The molecule has 0 fully saturated rings. The molecule has 0 saturated heterocycles. The average Bonchev–Trinajstić information content (AvgIpc) is 2.80. The molecule has 3 aromatic rings. The van der Waals surface area contributed by atoms with Gasteiger partial charge in [0, 0.05) is 24.3 Å². The van der Waals surface area contributed by atoms with Crippen LogP contribution in [0.5, 0.6) is 0 Å². The smallest absolute Gasteiger partial charge is 0.291 e. The molecule has 19 heavy (non-hydrogen) atoms. The molecule has 0 aromatic carbocycles. The average molecular weight is 276 g/mol. The van der Waals surface area contributed by atoms with E-state index in [1.165, 1.54) is 11.8 Å². The number of H-pyrrole nitrogens is 2. The quantitative estimate of drug-likeness (QED) is 0.641. The maximum absolute atomic E-state index is 11.4. The number of rotatable bonds is 3. The highest BCUT2D eigenvalue weighted by atomic mass is 32.2. The molecule has 2 N–H and O–H groups in total. The molecule has 0 unspecified atom stereocenters. The zero-order valence-corrected chi connectivity index (χ0v) is 10.3. The topological polar surface area (TPSA) is 109 Å². The lowest BCUT2D eigenvalue weighted by Crippen LogP contribution is -2.24. The molecule has 0 amide bonds. The van der Waals surface area contributed by atoms with E-state index in [9.17, 15) is 9.59 Å². The Hall–Kier alpha value is -2.42. The predicted molar refractivity (Wildman–Crippen MR) is 68.0 cm³/mol. The van der Waals surface area contributed by atoms with Gasteiger partial charge >= 0.3 is 5.69 Å². The van der Waals surface area contributed by atoms with Crippen LogP contribution in [0.15, 0.2) is 39.3 Å². The fourth-order valence-corrected chi connectivity index (χ4v) is 2.24. The molecule has 3 rings (SSSR count). The third-order valence-electron chi connectivity index (χ3n) is 2.32. The number of hydrogen-bond donors (Lipinski definition) is 2. The van der Waals surface area contributed by atoms with E-state index in [0.29, 0.717) is 11.5 Å². The van der Waals surface area contributed by atoms with Gasteiger partial charge in [0.1, 0.15) is 0 Å². The Balaban J connectivity index is 1.82. The molecule has 0 spiro atoms. The molecule has 0 aliphatic carbocycles. The van der Waals surface area contributed by atoms with Crippen molar-refractivity contribution in [1.82, 2.24) is 29.5 Å². The van der Waals surface area contributed by atoms with Crippen molar-refractivity contribution >= 4 is 17.5 Å². The van der Waals surface area contributed by atoms with Crippen molar-refractivity contribution in [3.05, 3.63) is 51.2 Å². The Morgan fingerprint density at radius 1 is 1.37 bits per heavy atom. The zero-order valence-electron chi connectivity index (χ0n) is 9.53. The molecule has 96 valence electrons. The third kappa shape index (κ3) is 2.40. The standard InChI is InChI=1S/C10H8N6O2S/c17-7-8(14-15-10(18)13-7)19-5-6-4-16-3-1-2-11-9(16)12-6/h1-4H,5H2,(H2,13,15,17,18). The second-order valence-electron chi connectivity index (χ2n) is 3.66. The van der Waals surface area contributed by atoms with E-state index in [1.54, 1.807) is 16.7 Å². The summed E-state index contributed by atoms with van der Waals surface area (Å²) in [6.45, 7) is 0. The second-order valence-corrected chi connectivity index (χ2v) is 4.62. The van der Waals surface area contributed by atoms with E-state index < -0.39 is 11.2 Å². The van der Waals surface area contributed by atoms with Gasteiger partial charge in [-0.25, -0.2) is 19.9 Å². The van der Waals surface area contributed by atoms with Crippen LogP contribution >= 0.6 is 11.8 Å². The predicted octanol–water partition coefficient (Wildman–Crippen LogP) is -0.207. The number of aromatic nitrogens is 6. The minimum Gasteiger partial charge on any atom is -0.291 e. The number of hydrogen-bond acceptors (Lipinski definition) is 6. The minimum absolute atomic E-state index is 0.199. The second kappa shape index (κ2) is 4.69. The first-order valence-electron chi connectivity index (χ1n) is 5.33. The van der Waals surface area contributed by atoms with Gasteiger partial charge in [0.05, 0.1) is 5.69 Å². The summed E-state index contributed by atoms with van der Waals surface area (Å²) in [5, 5.41) is 6.06. The van der Waals surface area contributed by atoms with Crippen LogP contribution in [0.2, 0.25) is 0 Å². The highest BCUT2D eigenvalue weighted by Crippen LogP contribution is 2.16. The summed E-state index contributed by atoms with van der Waals surface area (Å²) in [5.74, 6) is 1.06. The lowest BCUT2D eigenvalue weighted by molar-refractivity contribution is 0.806. The van der Waals surface area contributed by atoms with Gasteiger partial charge in [0.2, 0.25) is 5.78 Å². The van der Waals surface area contributed by atoms with Crippen molar-refractivity contribution in [3.63, 3.8) is 0 Å². The van der Waals surface area contributed by atoms with E-state index in [2.05, 4.69) is 25.1 Å². The SMILES string of the molecule is O=c1[nH]nc(SCc2cn3cccnc3n2)c(=O)[nH]1. The van der Waals surface area contributed by atoms with Crippen LogP contribution < -0.4 is 11.2 Å². The maximum atomic E-state index is 11.4. The van der Waals surface area contributed by atoms with Crippen LogP contribution in [0.3, 0.4) is 0 Å². The van der Waals surface area contributed by atoms with E-state index >= 15 is 0 Å². The molecule has 0 aliphatic rings. The lowest BCUT2D eigenvalue weighted by atomic mass is 10.6. The summed E-state index contributed by atoms with van der Waals surface area (Å²) < 4.78 is 1.79. The van der Waals surface area contributed by atoms with Crippen LogP contribution in [-0.4, -0.2) is 29.5 Å². The first-order valence-corrected chi connectivity index (χ1v) is 6.31. The molecule has 0 saturated carbocycles. The fourth-order valence-electron chi connectivity index (χ4n) is 1.53. The number of imidazole rings is 1.